The van der Waals surface area contributed by atoms with Crippen LogP contribution in [0.1, 0.15) is 12.5 Å². The monoisotopic (exact) mass is 293 g/mol. The number of hydrogen-bond acceptors (Lipinski definition) is 3. The van der Waals surface area contributed by atoms with Crippen molar-refractivity contribution in [2.75, 3.05) is 6.61 Å². The van der Waals surface area contributed by atoms with Gasteiger partial charge in [-0.2, -0.15) is 0 Å². The van der Waals surface area contributed by atoms with E-state index in [2.05, 4.69) is 11.6 Å². The summed E-state index contributed by atoms with van der Waals surface area (Å²) in [5.74, 6) is 0.832. The Hall–Kier alpha value is -2.59. The number of nitrogens with two attached hydrogens (primary N) is 1. The third kappa shape index (κ3) is 2.87. The molecular formula is C18H19N3O. The number of hydrogen-bond donors (Lipinski definition) is 1. The molecule has 0 saturated heterocycles. The van der Waals surface area contributed by atoms with E-state index in [9.17, 15) is 0 Å². The molecule has 0 radical (unpaired) electrons. The van der Waals surface area contributed by atoms with Crippen molar-refractivity contribution in [3.8, 4) is 17.0 Å². The molecule has 0 bridgehead atoms. The molecule has 0 unspecified atom stereocenters. The molecule has 0 fully saturated rings. The number of pyridine rings is 1. The summed E-state index contributed by atoms with van der Waals surface area (Å²) in [6, 6.07) is 11.9. The molecule has 1 aromatic carbocycles. The van der Waals surface area contributed by atoms with E-state index in [1.807, 2.05) is 60.1 Å². The maximum Gasteiger partial charge on any atom is 0.141 e. The Kier molecular flexibility index (Phi) is 3.94. The Balaban J connectivity index is 1.89. The van der Waals surface area contributed by atoms with Gasteiger partial charge in [0.1, 0.15) is 18.0 Å². The Bertz CT molecular complexity index is 803. The second-order valence-electron chi connectivity index (χ2n) is 5.36. The molecule has 0 amide bonds. The molecule has 2 N–H and O–H groups in total. The SMILES string of the molecule is C=C(C)COc1ccc(-c2cn3cccc(CN)c3n2)cc1. The van der Waals surface area contributed by atoms with Gasteiger partial charge in [0.2, 0.25) is 0 Å². The first-order valence-corrected chi connectivity index (χ1v) is 7.21. The standard InChI is InChI=1S/C18H19N3O/c1-13(2)12-22-16-7-5-14(6-8-16)17-11-21-9-3-4-15(10-19)18(21)20-17/h3-9,11H,1,10,12,19H2,2H3. The van der Waals surface area contributed by atoms with Crippen LogP contribution in [0.5, 0.6) is 5.75 Å². The summed E-state index contributed by atoms with van der Waals surface area (Å²) in [4.78, 5) is 4.69. The first-order valence-electron chi connectivity index (χ1n) is 7.21. The maximum atomic E-state index is 5.76. The second kappa shape index (κ2) is 6.03. The van der Waals surface area contributed by atoms with Gasteiger partial charge in [0, 0.05) is 30.1 Å². The van der Waals surface area contributed by atoms with Crippen LogP contribution in [0.4, 0.5) is 0 Å². The normalized spacial score (nSPS) is 10.8. The van der Waals surface area contributed by atoms with Crippen molar-refractivity contribution >= 4 is 5.65 Å². The lowest BCUT2D eigenvalue weighted by molar-refractivity contribution is 0.353. The molecule has 3 rings (SSSR count). The summed E-state index contributed by atoms with van der Waals surface area (Å²) in [5.41, 5.74) is 10.7. The Morgan fingerprint density at radius 2 is 2.05 bits per heavy atom. The summed E-state index contributed by atoms with van der Waals surface area (Å²) in [5, 5.41) is 0. The van der Waals surface area contributed by atoms with Gasteiger partial charge in [-0.05, 0) is 42.8 Å². The van der Waals surface area contributed by atoms with Gasteiger partial charge in [0.25, 0.3) is 0 Å². The van der Waals surface area contributed by atoms with Crippen LogP contribution in [0.2, 0.25) is 0 Å². The van der Waals surface area contributed by atoms with E-state index < -0.39 is 0 Å². The smallest absolute Gasteiger partial charge is 0.141 e. The van der Waals surface area contributed by atoms with Crippen molar-refractivity contribution in [3.05, 3.63) is 66.5 Å². The Labute approximate surface area is 129 Å². The summed E-state index contributed by atoms with van der Waals surface area (Å²) in [7, 11) is 0. The van der Waals surface area contributed by atoms with Crippen LogP contribution in [0, 0.1) is 0 Å². The molecule has 0 aliphatic carbocycles. The molecule has 0 atom stereocenters. The third-order valence-corrected chi connectivity index (χ3v) is 3.42. The molecule has 0 saturated carbocycles. The van der Waals surface area contributed by atoms with Crippen LogP contribution in [-0.2, 0) is 6.54 Å². The average molecular weight is 293 g/mol. The lowest BCUT2D eigenvalue weighted by Gasteiger charge is -2.05. The number of imidazole rings is 1. The molecule has 0 aliphatic rings. The quantitative estimate of drug-likeness (QED) is 0.733. The van der Waals surface area contributed by atoms with E-state index in [0.29, 0.717) is 13.2 Å². The van der Waals surface area contributed by atoms with Gasteiger partial charge in [-0.3, -0.25) is 0 Å². The molecule has 3 aromatic rings. The fourth-order valence-corrected chi connectivity index (χ4v) is 2.30. The van der Waals surface area contributed by atoms with E-state index in [4.69, 9.17) is 10.5 Å². The topological polar surface area (TPSA) is 52.5 Å². The summed E-state index contributed by atoms with van der Waals surface area (Å²) in [6.07, 6.45) is 3.99. The molecule has 0 spiro atoms. The molecule has 4 nitrogen and oxygen atoms in total. The molecule has 22 heavy (non-hydrogen) atoms. The predicted octanol–water partition coefficient (Wildman–Crippen LogP) is 3.41. The van der Waals surface area contributed by atoms with E-state index in [-0.39, 0.29) is 0 Å². The lowest BCUT2D eigenvalue weighted by Crippen LogP contribution is -1.99. The summed E-state index contributed by atoms with van der Waals surface area (Å²) in [6.45, 7) is 6.79. The molecule has 2 aromatic heterocycles. The highest BCUT2D eigenvalue weighted by atomic mass is 16.5. The zero-order valence-corrected chi connectivity index (χ0v) is 12.6. The van der Waals surface area contributed by atoms with Crippen LogP contribution in [-0.4, -0.2) is 16.0 Å². The van der Waals surface area contributed by atoms with E-state index in [1.54, 1.807) is 0 Å². The summed E-state index contributed by atoms with van der Waals surface area (Å²) >= 11 is 0. The van der Waals surface area contributed by atoms with Crippen LogP contribution >= 0.6 is 0 Å². The first-order chi connectivity index (χ1) is 10.7. The minimum atomic E-state index is 0.481. The van der Waals surface area contributed by atoms with Crippen molar-refractivity contribution in [1.82, 2.24) is 9.38 Å². The van der Waals surface area contributed by atoms with Crippen LogP contribution < -0.4 is 10.5 Å². The fourth-order valence-electron chi connectivity index (χ4n) is 2.30. The van der Waals surface area contributed by atoms with Gasteiger partial charge in [0.15, 0.2) is 0 Å². The number of aromatic nitrogens is 2. The number of rotatable bonds is 5. The van der Waals surface area contributed by atoms with Crippen molar-refractivity contribution in [3.63, 3.8) is 0 Å². The van der Waals surface area contributed by atoms with E-state index in [0.717, 1.165) is 33.8 Å². The minimum absolute atomic E-state index is 0.481. The van der Waals surface area contributed by atoms with Crippen LogP contribution in [0.3, 0.4) is 0 Å². The second-order valence-corrected chi connectivity index (χ2v) is 5.36. The minimum Gasteiger partial charge on any atom is -0.489 e. The van der Waals surface area contributed by atoms with E-state index >= 15 is 0 Å². The highest BCUT2D eigenvalue weighted by Gasteiger charge is 2.07. The van der Waals surface area contributed by atoms with Gasteiger partial charge in [0.05, 0.1) is 5.69 Å². The first kappa shape index (κ1) is 14.4. The largest absolute Gasteiger partial charge is 0.489 e. The van der Waals surface area contributed by atoms with E-state index in [1.165, 1.54) is 0 Å². The van der Waals surface area contributed by atoms with Gasteiger partial charge in [-0.1, -0.05) is 12.6 Å². The Morgan fingerprint density at radius 3 is 2.73 bits per heavy atom. The van der Waals surface area contributed by atoms with Gasteiger partial charge in [-0.25, -0.2) is 4.98 Å². The van der Waals surface area contributed by atoms with Crippen molar-refractivity contribution in [2.45, 2.75) is 13.5 Å². The van der Waals surface area contributed by atoms with Crippen LogP contribution in [0.25, 0.3) is 16.9 Å². The molecule has 4 heteroatoms. The van der Waals surface area contributed by atoms with Gasteiger partial charge < -0.3 is 14.9 Å². The zero-order chi connectivity index (χ0) is 15.5. The molecule has 2 heterocycles. The van der Waals surface area contributed by atoms with Crippen molar-refractivity contribution in [1.29, 1.82) is 0 Å². The highest BCUT2D eigenvalue weighted by Crippen LogP contribution is 2.23. The van der Waals surface area contributed by atoms with Gasteiger partial charge >= 0.3 is 0 Å². The average Bonchev–Trinajstić information content (AvgIpc) is 2.97. The van der Waals surface area contributed by atoms with Crippen LogP contribution in [0.15, 0.2) is 60.9 Å². The number of ether oxygens (including phenoxy) is 1. The summed E-state index contributed by atoms with van der Waals surface area (Å²) < 4.78 is 7.62. The number of fused-ring (bicyclic) bond motifs is 1. The zero-order valence-electron chi connectivity index (χ0n) is 12.6. The Morgan fingerprint density at radius 1 is 1.27 bits per heavy atom. The highest BCUT2D eigenvalue weighted by molar-refractivity contribution is 5.64. The molecule has 0 aliphatic heterocycles. The van der Waals surface area contributed by atoms with Gasteiger partial charge in [-0.15, -0.1) is 0 Å². The third-order valence-electron chi connectivity index (χ3n) is 3.42. The predicted molar refractivity (Wildman–Crippen MR) is 88.8 cm³/mol. The number of benzene rings is 1. The number of nitrogens with zero attached hydrogens (tertiary/aromatic N) is 2. The van der Waals surface area contributed by atoms with Crippen molar-refractivity contribution in [2.24, 2.45) is 5.73 Å². The molecular weight excluding hydrogens is 274 g/mol. The van der Waals surface area contributed by atoms with Crippen molar-refractivity contribution < 1.29 is 4.74 Å². The lowest BCUT2D eigenvalue weighted by atomic mass is 10.1. The maximum absolute atomic E-state index is 5.76. The fraction of sp³-hybridized carbons (Fsp3) is 0.167. The molecule has 112 valence electrons.